The summed E-state index contributed by atoms with van der Waals surface area (Å²) >= 11 is 0. The van der Waals surface area contributed by atoms with E-state index in [2.05, 4.69) is 5.32 Å². The van der Waals surface area contributed by atoms with Crippen LogP contribution < -0.4 is 19.1 Å². The monoisotopic (exact) mass is 418 g/mol. The zero-order valence-electron chi connectivity index (χ0n) is 16.9. The molecule has 1 aliphatic rings. The number of anilines is 2. The maximum atomic E-state index is 12.4. The molecule has 1 amide bonds. The lowest BCUT2D eigenvalue weighted by molar-refractivity contribution is -0.116. The molecule has 1 aliphatic heterocycles. The summed E-state index contributed by atoms with van der Waals surface area (Å²) in [5, 5.41) is 2.93. The Labute approximate surface area is 171 Å². The number of ether oxygens (including phenoxy) is 2. The average molecular weight is 419 g/mol. The van der Waals surface area contributed by atoms with E-state index < -0.39 is 10.0 Å². The minimum absolute atomic E-state index is 0.141. The van der Waals surface area contributed by atoms with Crippen LogP contribution in [0.3, 0.4) is 0 Å². The summed E-state index contributed by atoms with van der Waals surface area (Å²) in [5.41, 5.74) is 3.29. The lowest BCUT2D eigenvalue weighted by atomic mass is 10.1. The summed E-state index contributed by atoms with van der Waals surface area (Å²) in [6.45, 7) is 4.97. The fourth-order valence-electron chi connectivity index (χ4n) is 3.27. The van der Waals surface area contributed by atoms with Gasteiger partial charge in [-0.15, -0.1) is 0 Å². The van der Waals surface area contributed by atoms with Crippen LogP contribution in [0.4, 0.5) is 11.4 Å². The zero-order valence-corrected chi connectivity index (χ0v) is 17.7. The summed E-state index contributed by atoms with van der Waals surface area (Å²) in [7, 11) is -3.51. The molecule has 0 aliphatic carbocycles. The molecule has 1 heterocycles. The van der Waals surface area contributed by atoms with Gasteiger partial charge in [0.25, 0.3) is 0 Å². The maximum absolute atomic E-state index is 12.4. The highest BCUT2D eigenvalue weighted by Crippen LogP contribution is 2.34. The molecule has 156 valence electrons. The number of nitrogens with one attached hydrogen (secondary N) is 1. The number of hydrogen-bond donors (Lipinski definition) is 1. The lowest BCUT2D eigenvalue weighted by Gasteiger charge is -2.25. The van der Waals surface area contributed by atoms with Crippen LogP contribution in [0.25, 0.3) is 0 Å². The first-order chi connectivity index (χ1) is 13.8. The Morgan fingerprint density at radius 3 is 2.38 bits per heavy atom. The first-order valence-corrected chi connectivity index (χ1v) is 11.3. The normalized spacial score (nSPS) is 13.1. The molecule has 0 atom stereocenters. The van der Waals surface area contributed by atoms with Crippen LogP contribution in [0.2, 0.25) is 0 Å². The predicted molar refractivity (Wildman–Crippen MR) is 113 cm³/mol. The maximum Gasteiger partial charge on any atom is 0.232 e. The number of fused-ring (bicyclic) bond motifs is 1. The van der Waals surface area contributed by atoms with Crippen molar-refractivity contribution in [3.8, 4) is 11.5 Å². The molecule has 0 bridgehead atoms. The third-order valence-electron chi connectivity index (χ3n) is 4.72. The van der Waals surface area contributed by atoms with E-state index in [0.29, 0.717) is 36.8 Å². The van der Waals surface area contributed by atoms with Crippen molar-refractivity contribution >= 4 is 27.3 Å². The fraction of sp³-hybridized carbons (Fsp3) is 0.381. The van der Waals surface area contributed by atoms with Gasteiger partial charge >= 0.3 is 0 Å². The Morgan fingerprint density at radius 2 is 1.72 bits per heavy atom. The molecular weight excluding hydrogens is 392 g/mol. The summed E-state index contributed by atoms with van der Waals surface area (Å²) in [6.07, 6.45) is 1.75. The topological polar surface area (TPSA) is 84.9 Å². The first kappa shape index (κ1) is 21.0. The van der Waals surface area contributed by atoms with Crippen LogP contribution in [0, 0.1) is 13.8 Å². The molecule has 29 heavy (non-hydrogen) atoms. The van der Waals surface area contributed by atoms with Crippen molar-refractivity contribution in [2.24, 2.45) is 0 Å². The second-order valence-corrected chi connectivity index (χ2v) is 8.99. The Morgan fingerprint density at radius 1 is 1.07 bits per heavy atom. The number of sulfonamides is 1. The Kier molecular flexibility index (Phi) is 6.32. The van der Waals surface area contributed by atoms with Crippen molar-refractivity contribution < 1.29 is 22.7 Å². The molecule has 3 rings (SSSR count). The van der Waals surface area contributed by atoms with Gasteiger partial charge in [-0.05, 0) is 43.5 Å². The van der Waals surface area contributed by atoms with Crippen molar-refractivity contribution in [2.45, 2.75) is 26.7 Å². The van der Waals surface area contributed by atoms with Gasteiger partial charge in [0.05, 0.1) is 11.9 Å². The van der Waals surface area contributed by atoms with Gasteiger partial charge in [-0.3, -0.25) is 9.10 Å². The quantitative estimate of drug-likeness (QED) is 0.746. The number of carbonyl (C=O) groups excluding carboxylic acids is 1. The smallest absolute Gasteiger partial charge is 0.232 e. The molecule has 1 N–H and O–H groups in total. The number of benzene rings is 2. The number of aryl methyl sites for hydroxylation is 2. The van der Waals surface area contributed by atoms with E-state index in [1.807, 2.05) is 32.0 Å². The Balaban J connectivity index is 1.65. The highest BCUT2D eigenvalue weighted by molar-refractivity contribution is 7.92. The second kappa shape index (κ2) is 8.73. The molecule has 2 aromatic carbocycles. The Hall–Kier alpha value is -2.74. The van der Waals surface area contributed by atoms with Gasteiger partial charge < -0.3 is 14.8 Å². The van der Waals surface area contributed by atoms with Crippen LogP contribution in [0.1, 0.15) is 24.0 Å². The van der Waals surface area contributed by atoms with Crippen molar-refractivity contribution in [3.05, 3.63) is 47.5 Å². The largest absolute Gasteiger partial charge is 0.486 e. The second-order valence-electron chi connectivity index (χ2n) is 7.08. The van der Waals surface area contributed by atoms with E-state index in [9.17, 15) is 13.2 Å². The van der Waals surface area contributed by atoms with Crippen molar-refractivity contribution in [1.29, 1.82) is 0 Å². The third kappa shape index (κ3) is 5.20. The van der Waals surface area contributed by atoms with Crippen LogP contribution in [0.5, 0.6) is 11.5 Å². The molecule has 0 radical (unpaired) electrons. The summed E-state index contributed by atoms with van der Waals surface area (Å²) < 4.78 is 36.9. The SMILES string of the molecule is Cc1cccc(C)c1NC(=O)CCCN(c1ccc2c(c1)OCCO2)S(C)(=O)=O. The predicted octanol–water partition coefficient (Wildman–Crippen LogP) is 3.26. The van der Waals surface area contributed by atoms with E-state index in [1.54, 1.807) is 18.2 Å². The van der Waals surface area contributed by atoms with Crippen LogP contribution in [0.15, 0.2) is 36.4 Å². The first-order valence-electron chi connectivity index (χ1n) is 9.49. The summed E-state index contributed by atoms with van der Waals surface area (Å²) in [5.74, 6) is 0.981. The highest BCUT2D eigenvalue weighted by Gasteiger charge is 2.21. The molecule has 2 aromatic rings. The van der Waals surface area contributed by atoms with E-state index in [4.69, 9.17) is 9.47 Å². The van der Waals surface area contributed by atoms with Gasteiger partial charge in [-0.1, -0.05) is 18.2 Å². The number of nitrogens with zero attached hydrogens (tertiary/aromatic N) is 1. The van der Waals surface area contributed by atoms with Crippen LogP contribution in [-0.2, 0) is 14.8 Å². The van der Waals surface area contributed by atoms with Gasteiger partial charge in [-0.25, -0.2) is 8.42 Å². The molecule has 0 saturated heterocycles. The molecule has 8 heteroatoms. The number of hydrogen-bond acceptors (Lipinski definition) is 5. The molecule has 0 saturated carbocycles. The zero-order chi connectivity index (χ0) is 21.0. The van der Waals surface area contributed by atoms with E-state index in [1.165, 1.54) is 4.31 Å². The van der Waals surface area contributed by atoms with Crippen molar-refractivity contribution in [1.82, 2.24) is 0 Å². The number of rotatable bonds is 7. The minimum atomic E-state index is -3.51. The van der Waals surface area contributed by atoms with Crippen molar-refractivity contribution in [2.75, 3.05) is 35.6 Å². The van der Waals surface area contributed by atoms with Gasteiger partial charge in [0.15, 0.2) is 11.5 Å². The lowest BCUT2D eigenvalue weighted by Crippen LogP contribution is -2.31. The molecule has 0 spiro atoms. The van der Waals surface area contributed by atoms with Gasteiger partial charge in [0.1, 0.15) is 13.2 Å². The summed E-state index contributed by atoms with van der Waals surface area (Å²) in [6, 6.07) is 10.9. The van der Waals surface area contributed by atoms with E-state index >= 15 is 0 Å². The average Bonchev–Trinajstić information content (AvgIpc) is 2.67. The Bertz CT molecular complexity index is 984. The van der Waals surface area contributed by atoms with E-state index in [0.717, 1.165) is 23.1 Å². The molecular formula is C21H26N2O5S. The standard InChI is InChI=1S/C21H26N2O5S/c1-15-6-4-7-16(2)21(15)22-20(24)8-5-11-23(29(3,25)26)17-9-10-18-19(14-17)28-13-12-27-18/h4,6-7,9-10,14H,5,8,11-13H2,1-3H3,(H,22,24). The van der Waals surface area contributed by atoms with Gasteiger partial charge in [-0.2, -0.15) is 0 Å². The number of amides is 1. The van der Waals surface area contributed by atoms with E-state index in [-0.39, 0.29) is 18.9 Å². The fourth-order valence-corrected chi connectivity index (χ4v) is 4.23. The summed E-state index contributed by atoms with van der Waals surface area (Å²) in [4.78, 5) is 12.4. The van der Waals surface area contributed by atoms with Crippen LogP contribution >= 0.6 is 0 Å². The highest BCUT2D eigenvalue weighted by atomic mass is 32.2. The molecule has 0 fully saturated rings. The molecule has 0 unspecified atom stereocenters. The van der Waals surface area contributed by atoms with Gasteiger partial charge in [0.2, 0.25) is 15.9 Å². The molecule has 7 nitrogen and oxygen atoms in total. The van der Waals surface area contributed by atoms with Crippen LogP contribution in [-0.4, -0.2) is 40.3 Å². The number of carbonyl (C=O) groups is 1. The third-order valence-corrected chi connectivity index (χ3v) is 5.92. The molecule has 0 aromatic heterocycles. The van der Waals surface area contributed by atoms with Crippen molar-refractivity contribution in [3.63, 3.8) is 0 Å². The minimum Gasteiger partial charge on any atom is -0.486 e. The van der Waals surface area contributed by atoms with Gasteiger partial charge in [0, 0.05) is 24.7 Å². The number of para-hydroxylation sites is 1.